The van der Waals surface area contributed by atoms with E-state index in [-0.39, 0.29) is 11.8 Å². The lowest BCUT2D eigenvalue weighted by atomic mass is 10.2. The molecule has 0 aromatic heterocycles. The highest BCUT2D eigenvalue weighted by atomic mass is 16.5. The Hall–Kier alpha value is -3.02. The summed E-state index contributed by atoms with van der Waals surface area (Å²) in [6.45, 7) is 6.68. The minimum absolute atomic E-state index is 0.131. The van der Waals surface area contributed by atoms with Gasteiger partial charge < -0.3 is 20.1 Å². The molecule has 6 nitrogen and oxygen atoms in total. The fraction of sp³-hybridized carbons (Fsp3) is 0.481. The van der Waals surface area contributed by atoms with E-state index in [1.807, 2.05) is 24.3 Å². The molecule has 0 aliphatic rings. The van der Waals surface area contributed by atoms with E-state index in [1.165, 1.54) is 0 Å². The second kappa shape index (κ2) is 15.7. The van der Waals surface area contributed by atoms with Crippen LogP contribution in [0.25, 0.3) is 0 Å². The maximum atomic E-state index is 12.3. The molecular weight excluding hydrogens is 416 g/mol. The van der Waals surface area contributed by atoms with Gasteiger partial charge in [0.25, 0.3) is 11.8 Å². The first-order chi connectivity index (χ1) is 16.1. The predicted octanol–water partition coefficient (Wildman–Crippen LogP) is 5.37. The molecule has 0 bridgehead atoms. The number of carbonyl (C=O) groups is 2. The van der Waals surface area contributed by atoms with Crippen molar-refractivity contribution < 1.29 is 19.1 Å². The van der Waals surface area contributed by atoms with E-state index in [1.54, 1.807) is 24.3 Å². The van der Waals surface area contributed by atoms with Crippen molar-refractivity contribution in [3.63, 3.8) is 0 Å². The summed E-state index contributed by atoms with van der Waals surface area (Å²) in [6.07, 6.45) is 7.35. The number of unbranched alkanes of at least 4 members (excludes halogenated alkanes) is 4. The van der Waals surface area contributed by atoms with Crippen molar-refractivity contribution in [1.82, 2.24) is 10.6 Å². The molecule has 2 aromatic carbocycles. The number of hydrogen-bond donors (Lipinski definition) is 2. The van der Waals surface area contributed by atoms with Gasteiger partial charge >= 0.3 is 0 Å². The Morgan fingerprint density at radius 2 is 1.00 bits per heavy atom. The van der Waals surface area contributed by atoms with Gasteiger partial charge in [0.05, 0.1) is 13.2 Å². The summed E-state index contributed by atoms with van der Waals surface area (Å²) in [5.74, 6) is 1.30. The van der Waals surface area contributed by atoms with Crippen LogP contribution in [0.4, 0.5) is 0 Å². The molecule has 2 rings (SSSR count). The normalized spacial score (nSPS) is 10.5. The van der Waals surface area contributed by atoms with Crippen molar-refractivity contribution >= 4 is 11.8 Å². The summed E-state index contributed by atoms with van der Waals surface area (Å²) >= 11 is 0. The molecule has 33 heavy (non-hydrogen) atoms. The molecule has 0 saturated carbocycles. The van der Waals surface area contributed by atoms with E-state index in [0.29, 0.717) is 43.9 Å². The SMILES string of the molecule is CCCCCOc1ccc(C(=O)NCCCNC(=O)c2ccc(OCCCCC)cc2)cc1. The van der Waals surface area contributed by atoms with Crippen LogP contribution in [0.15, 0.2) is 48.5 Å². The van der Waals surface area contributed by atoms with Gasteiger partial charge in [-0.3, -0.25) is 9.59 Å². The molecule has 0 atom stereocenters. The van der Waals surface area contributed by atoms with Crippen LogP contribution in [0.2, 0.25) is 0 Å². The highest BCUT2D eigenvalue weighted by Gasteiger charge is 2.07. The Morgan fingerprint density at radius 3 is 1.36 bits per heavy atom. The highest BCUT2D eigenvalue weighted by Crippen LogP contribution is 2.14. The number of ether oxygens (including phenoxy) is 2. The third-order valence-electron chi connectivity index (χ3n) is 5.19. The zero-order valence-electron chi connectivity index (χ0n) is 20.0. The summed E-state index contributed by atoms with van der Waals surface area (Å²) in [5, 5.41) is 5.76. The average Bonchev–Trinajstić information content (AvgIpc) is 2.85. The van der Waals surface area contributed by atoms with Gasteiger partial charge in [-0.1, -0.05) is 39.5 Å². The fourth-order valence-electron chi connectivity index (χ4n) is 3.19. The topological polar surface area (TPSA) is 76.7 Å². The van der Waals surface area contributed by atoms with Gasteiger partial charge in [-0.2, -0.15) is 0 Å². The van der Waals surface area contributed by atoms with Crippen molar-refractivity contribution in [2.75, 3.05) is 26.3 Å². The largest absolute Gasteiger partial charge is 0.494 e. The third-order valence-corrected chi connectivity index (χ3v) is 5.19. The van der Waals surface area contributed by atoms with Gasteiger partial charge in [-0.25, -0.2) is 0 Å². The third kappa shape index (κ3) is 10.4. The number of amides is 2. The number of rotatable bonds is 16. The molecule has 0 heterocycles. The molecule has 0 spiro atoms. The molecule has 0 unspecified atom stereocenters. The molecule has 0 aliphatic carbocycles. The number of hydrogen-bond acceptors (Lipinski definition) is 4. The molecule has 2 aromatic rings. The molecule has 2 N–H and O–H groups in total. The summed E-state index contributed by atoms with van der Waals surface area (Å²) < 4.78 is 11.3. The van der Waals surface area contributed by atoms with E-state index < -0.39 is 0 Å². The van der Waals surface area contributed by atoms with Gasteiger partial charge in [0, 0.05) is 24.2 Å². The summed E-state index contributed by atoms with van der Waals surface area (Å²) in [4.78, 5) is 24.5. The monoisotopic (exact) mass is 454 g/mol. The van der Waals surface area contributed by atoms with Crippen LogP contribution in [0.3, 0.4) is 0 Å². The van der Waals surface area contributed by atoms with Gasteiger partial charge in [0.2, 0.25) is 0 Å². The quantitative estimate of drug-likeness (QED) is 0.334. The Morgan fingerprint density at radius 1 is 0.606 bits per heavy atom. The Balaban J connectivity index is 1.61. The zero-order valence-corrected chi connectivity index (χ0v) is 20.0. The maximum Gasteiger partial charge on any atom is 0.251 e. The van der Waals surface area contributed by atoms with Crippen molar-refractivity contribution in [2.45, 2.75) is 58.8 Å². The second-order valence-corrected chi connectivity index (χ2v) is 8.03. The minimum Gasteiger partial charge on any atom is -0.494 e. The molecule has 0 saturated heterocycles. The lowest BCUT2D eigenvalue weighted by Crippen LogP contribution is -2.29. The van der Waals surface area contributed by atoms with Crippen molar-refractivity contribution in [3.05, 3.63) is 59.7 Å². The number of carbonyl (C=O) groups excluding carboxylic acids is 2. The summed E-state index contributed by atoms with van der Waals surface area (Å²) in [7, 11) is 0. The van der Waals surface area contributed by atoms with Crippen molar-refractivity contribution in [3.8, 4) is 11.5 Å². The van der Waals surface area contributed by atoms with Gasteiger partial charge in [-0.15, -0.1) is 0 Å². The Labute approximate surface area is 198 Å². The number of benzene rings is 2. The first kappa shape index (κ1) is 26.2. The maximum absolute atomic E-state index is 12.3. The van der Waals surface area contributed by atoms with Crippen LogP contribution >= 0.6 is 0 Å². The van der Waals surface area contributed by atoms with Crippen LogP contribution in [-0.2, 0) is 0 Å². The van der Waals surface area contributed by atoms with Crippen LogP contribution in [0.1, 0.15) is 79.5 Å². The first-order valence-electron chi connectivity index (χ1n) is 12.2. The fourth-order valence-corrected chi connectivity index (χ4v) is 3.19. The highest BCUT2D eigenvalue weighted by molar-refractivity contribution is 5.94. The van der Waals surface area contributed by atoms with Crippen LogP contribution in [0, 0.1) is 0 Å². The second-order valence-electron chi connectivity index (χ2n) is 8.03. The zero-order chi connectivity index (χ0) is 23.7. The number of nitrogens with one attached hydrogen (secondary N) is 2. The molecule has 180 valence electrons. The summed E-state index contributed by atoms with van der Waals surface area (Å²) in [5.41, 5.74) is 1.19. The lowest BCUT2D eigenvalue weighted by Gasteiger charge is -2.09. The smallest absolute Gasteiger partial charge is 0.251 e. The average molecular weight is 455 g/mol. The molecule has 6 heteroatoms. The van der Waals surface area contributed by atoms with Gasteiger partial charge in [0.15, 0.2) is 0 Å². The predicted molar refractivity (Wildman–Crippen MR) is 132 cm³/mol. The standard InChI is InChI=1S/C27H38N2O4/c1-3-5-7-20-32-24-14-10-22(11-15-24)26(30)28-18-9-19-29-27(31)23-12-16-25(17-13-23)33-21-8-6-4-2/h10-17H,3-9,18-21H2,1-2H3,(H,28,30)(H,29,31). The van der Waals surface area contributed by atoms with Crippen molar-refractivity contribution in [2.24, 2.45) is 0 Å². The molecular formula is C27H38N2O4. The van der Waals surface area contributed by atoms with E-state index in [4.69, 9.17) is 9.47 Å². The van der Waals surface area contributed by atoms with E-state index in [9.17, 15) is 9.59 Å². The van der Waals surface area contributed by atoms with Crippen LogP contribution in [-0.4, -0.2) is 38.1 Å². The first-order valence-corrected chi connectivity index (χ1v) is 12.2. The molecule has 0 aliphatic heterocycles. The lowest BCUT2D eigenvalue weighted by molar-refractivity contribution is 0.0951. The molecule has 0 fully saturated rings. The van der Waals surface area contributed by atoms with Gasteiger partial charge in [0.1, 0.15) is 11.5 Å². The van der Waals surface area contributed by atoms with Crippen LogP contribution in [0.5, 0.6) is 11.5 Å². The Bertz CT molecular complexity index is 750. The summed E-state index contributed by atoms with van der Waals surface area (Å²) in [6, 6.07) is 14.4. The van der Waals surface area contributed by atoms with Gasteiger partial charge in [-0.05, 0) is 67.8 Å². The van der Waals surface area contributed by atoms with Crippen molar-refractivity contribution in [1.29, 1.82) is 0 Å². The van der Waals surface area contributed by atoms with E-state index >= 15 is 0 Å². The molecule has 2 amide bonds. The van der Waals surface area contributed by atoms with E-state index in [2.05, 4.69) is 24.5 Å². The molecule has 0 radical (unpaired) electrons. The minimum atomic E-state index is -0.131. The van der Waals surface area contributed by atoms with E-state index in [0.717, 1.165) is 50.0 Å². The van der Waals surface area contributed by atoms with Crippen LogP contribution < -0.4 is 20.1 Å². The Kier molecular flexibility index (Phi) is 12.5.